The van der Waals surface area contributed by atoms with E-state index in [1.54, 1.807) is 13.0 Å². The van der Waals surface area contributed by atoms with Crippen molar-refractivity contribution < 1.29 is 13.9 Å². The molecule has 0 unspecified atom stereocenters. The Balaban J connectivity index is 2.72. The predicted octanol–water partition coefficient (Wildman–Crippen LogP) is 2.54. The van der Waals surface area contributed by atoms with Gasteiger partial charge in [-0.1, -0.05) is 15.9 Å². The minimum atomic E-state index is -0.550. The number of nitrogens with two attached hydrogens (primary N) is 1. The van der Waals surface area contributed by atoms with E-state index >= 15 is 0 Å². The Bertz CT molecular complexity index is 364. The van der Waals surface area contributed by atoms with Crippen molar-refractivity contribution in [2.75, 3.05) is 6.61 Å². The maximum absolute atomic E-state index is 13.1. The molecule has 0 aromatic heterocycles. The van der Waals surface area contributed by atoms with E-state index in [0.717, 1.165) is 0 Å². The molecule has 1 aromatic carbocycles. The zero-order valence-corrected chi connectivity index (χ0v) is 10.5. The van der Waals surface area contributed by atoms with Crippen LogP contribution in [-0.4, -0.2) is 12.6 Å². The highest BCUT2D eigenvalue weighted by Gasteiger charge is 2.13. The van der Waals surface area contributed by atoms with Gasteiger partial charge in [0.25, 0.3) is 0 Å². The van der Waals surface area contributed by atoms with Gasteiger partial charge in [-0.3, -0.25) is 4.79 Å². The van der Waals surface area contributed by atoms with Gasteiger partial charge in [0.1, 0.15) is 5.82 Å². The Morgan fingerprint density at radius 3 is 2.81 bits per heavy atom. The molecule has 0 heterocycles. The van der Waals surface area contributed by atoms with Crippen molar-refractivity contribution in [3.8, 4) is 0 Å². The van der Waals surface area contributed by atoms with Gasteiger partial charge in [-0.25, -0.2) is 4.39 Å². The van der Waals surface area contributed by atoms with E-state index in [9.17, 15) is 9.18 Å². The molecule has 0 saturated heterocycles. The molecule has 0 radical (unpaired) electrons. The van der Waals surface area contributed by atoms with Crippen LogP contribution in [0.2, 0.25) is 0 Å². The van der Waals surface area contributed by atoms with E-state index in [2.05, 4.69) is 15.9 Å². The number of benzene rings is 1. The molecule has 0 amide bonds. The van der Waals surface area contributed by atoms with Gasteiger partial charge < -0.3 is 10.5 Å². The number of hydrogen-bond donors (Lipinski definition) is 1. The molecule has 0 aliphatic carbocycles. The Kier molecular flexibility index (Phi) is 4.89. The summed E-state index contributed by atoms with van der Waals surface area (Å²) in [6.07, 6.45) is 0.0454. The zero-order chi connectivity index (χ0) is 12.1. The number of halogens is 2. The third-order valence-corrected chi connectivity index (χ3v) is 2.46. The number of rotatable bonds is 4. The second-order valence-corrected chi connectivity index (χ2v) is 4.23. The molecule has 0 spiro atoms. The van der Waals surface area contributed by atoms with Gasteiger partial charge >= 0.3 is 5.97 Å². The van der Waals surface area contributed by atoms with Crippen molar-refractivity contribution in [3.63, 3.8) is 0 Å². The van der Waals surface area contributed by atoms with Crippen molar-refractivity contribution in [3.05, 3.63) is 34.1 Å². The van der Waals surface area contributed by atoms with Crippen LogP contribution in [0.3, 0.4) is 0 Å². The topological polar surface area (TPSA) is 52.3 Å². The number of carbonyl (C=O) groups is 1. The maximum atomic E-state index is 13.1. The van der Waals surface area contributed by atoms with E-state index in [0.29, 0.717) is 16.6 Å². The standard InChI is InChI=1S/C11H13BrFNO2/c1-2-16-11(15)6-10(14)7-3-8(12)5-9(13)4-7/h3-5,10H,2,6,14H2,1H3/t10-/m0/s1. The molecular weight excluding hydrogens is 277 g/mol. The van der Waals surface area contributed by atoms with Crippen LogP contribution in [0.5, 0.6) is 0 Å². The first-order valence-corrected chi connectivity index (χ1v) is 5.69. The molecular formula is C11H13BrFNO2. The normalized spacial score (nSPS) is 12.2. The van der Waals surface area contributed by atoms with Crippen molar-refractivity contribution in [1.29, 1.82) is 0 Å². The smallest absolute Gasteiger partial charge is 0.307 e. The zero-order valence-electron chi connectivity index (χ0n) is 8.87. The number of esters is 1. The molecule has 1 atom stereocenters. The van der Waals surface area contributed by atoms with E-state index in [1.807, 2.05) is 0 Å². The van der Waals surface area contributed by atoms with E-state index in [1.165, 1.54) is 12.1 Å². The largest absolute Gasteiger partial charge is 0.466 e. The van der Waals surface area contributed by atoms with Crippen LogP contribution in [0, 0.1) is 5.82 Å². The van der Waals surface area contributed by atoms with E-state index in [-0.39, 0.29) is 18.2 Å². The minimum absolute atomic E-state index is 0.0454. The van der Waals surface area contributed by atoms with Crippen molar-refractivity contribution >= 4 is 21.9 Å². The van der Waals surface area contributed by atoms with Crippen LogP contribution in [0.4, 0.5) is 4.39 Å². The quantitative estimate of drug-likeness (QED) is 0.867. The summed E-state index contributed by atoms with van der Waals surface area (Å²) in [7, 11) is 0. The molecule has 0 aliphatic heterocycles. The summed E-state index contributed by atoms with van der Waals surface area (Å²) in [5.41, 5.74) is 6.35. The van der Waals surface area contributed by atoms with Crippen molar-refractivity contribution in [2.45, 2.75) is 19.4 Å². The number of ether oxygens (including phenoxy) is 1. The minimum Gasteiger partial charge on any atom is -0.466 e. The highest BCUT2D eigenvalue weighted by Crippen LogP contribution is 2.21. The third-order valence-electron chi connectivity index (χ3n) is 2.00. The van der Waals surface area contributed by atoms with Crippen LogP contribution >= 0.6 is 15.9 Å². The highest BCUT2D eigenvalue weighted by atomic mass is 79.9. The molecule has 0 aliphatic rings. The van der Waals surface area contributed by atoms with Gasteiger partial charge in [0.2, 0.25) is 0 Å². The average molecular weight is 290 g/mol. The van der Waals surface area contributed by atoms with Crippen molar-refractivity contribution in [1.82, 2.24) is 0 Å². The molecule has 2 N–H and O–H groups in total. The van der Waals surface area contributed by atoms with Crippen LogP contribution in [0.15, 0.2) is 22.7 Å². The molecule has 5 heteroatoms. The Morgan fingerprint density at radius 1 is 1.56 bits per heavy atom. The Morgan fingerprint density at radius 2 is 2.25 bits per heavy atom. The second kappa shape index (κ2) is 5.96. The lowest BCUT2D eigenvalue weighted by molar-refractivity contribution is -0.143. The molecule has 88 valence electrons. The van der Waals surface area contributed by atoms with Gasteiger partial charge in [-0.2, -0.15) is 0 Å². The predicted molar refractivity (Wildman–Crippen MR) is 62.3 cm³/mol. The van der Waals surface area contributed by atoms with Crippen LogP contribution in [0.1, 0.15) is 24.9 Å². The Labute approximate surface area is 102 Å². The molecule has 0 fully saturated rings. The second-order valence-electron chi connectivity index (χ2n) is 3.32. The van der Waals surface area contributed by atoms with E-state index < -0.39 is 6.04 Å². The van der Waals surface area contributed by atoms with Gasteiger partial charge in [-0.15, -0.1) is 0 Å². The lowest BCUT2D eigenvalue weighted by Crippen LogP contribution is -2.17. The average Bonchev–Trinajstić information content (AvgIpc) is 2.16. The fraction of sp³-hybridized carbons (Fsp3) is 0.364. The number of carbonyl (C=O) groups excluding carboxylic acids is 1. The summed E-state index contributed by atoms with van der Waals surface area (Å²) >= 11 is 3.17. The first kappa shape index (κ1) is 13.1. The van der Waals surface area contributed by atoms with Crippen LogP contribution in [0.25, 0.3) is 0 Å². The van der Waals surface area contributed by atoms with Gasteiger partial charge in [0, 0.05) is 10.5 Å². The fourth-order valence-electron chi connectivity index (χ4n) is 1.31. The van der Waals surface area contributed by atoms with Crippen molar-refractivity contribution in [2.24, 2.45) is 5.73 Å². The lowest BCUT2D eigenvalue weighted by Gasteiger charge is -2.11. The van der Waals surface area contributed by atoms with Gasteiger partial charge in [-0.05, 0) is 30.7 Å². The summed E-state index contributed by atoms with van der Waals surface area (Å²) in [6.45, 7) is 2.04. The molecule has 0 saturated carbocycles. The summed E-state index contributed by atoms with van der Waals surface area (Å²) in [4.78, 5) is 11.2. The number of hydrogen-bond acceptors (Lipinski definition) is 3. The van der Waals surface area contributed by atoms with Gasteiger partial charge in [0.15, 0.2) is 0 Å². The summed E-state index contributed by atoms with van der Waals surface area (Å²) < 4.78 is 18.4. The first-order valence-electron chi connectivity index (χ1n) is 4.90. The monoisotopic (exact) mass is 289 g/mol. The molecule has 3 nitrogen and oxygen atoms in total. The molecule has 16 heavy (non-hydrogen) atoms. The molecule has 1 rings (SSSR count). The summed E-state index contributed by atoms with van der Waals surface area (Å²) in [5, 5.41) is 0. The van der Waals surface area contributed by atoms with Crippen LogP contribution < -0.4 is 5.73 Å². The molecule has 1 aromatic rings. The lowest BCUT2D eigenvalue weighted by atomic mass is 10.0. The maximum Gasteiger partial charge on any atom is 0.307 e. The highest BCUT2D eigenvalue weighted by molar-refractivity contribution is 9.10. The fourth-order valence-corrected chi connectivity index (χ4v) is 1.79. The third kappa shape index (κ3) is 3.90. The summed E-state index contributed by atoms with van der Waals surface area (Å²) in [5.74, 6) is -0.765. The summed E-state index contributed by atoms with van der Waals surface area (Å²) in [6, 6.07) is 3.79. The van der Waals surface area contributed by atoms with Gasteiger partial charge in [0.05, 0.1) is 13.0 Å². The Hall–Kier alpha value is -0.940. The van der Waals surface area contributed by atoms with Crippen LogP contribution in [-0.2, 0) is 9.53 Å². The van der Waals surface area contributed by atoms with E-state index in [4.69, 9.17) is 10.5 Å². The SMILES string of the molecule is CCOC(=O)C[C@H](N)c1cc(F)cc(Br)c1. The molecule has 0 bridgehead atoms. The first-order chi connectivity index (χ1) is 7.52.